The van der Waals surface area contributed by atoms with Crippen LogP contribution >= 0.6 is 0 Å². The molecule has 1 aliphatic rings. The number of nitrogens with one attached hydrogen (secondary N) is 1. The van der Waals surface area contributed by atoms with Crippen LogP contribution in [0.15, 0.2) is 29.4 Å². The minimum absolute atomic E-state index is 0.0429. The van der Waals surface area contributed by atoms with E-state index in [0.29, 0.717) is 6.42 Å². The number of hydrogen-bond donors (Lipinski definition) is 3. The summed E-state index contributed by atoms with van der Waals surface area (Å²) in [6.45, 7) is 3.56. The van der Waals surface area contributed by atoms with Gasteiger partial charge in [-0.3, -0.25) is 4.79 Å². The van der Waals surface area contributed by atoms with Crippen LogP contribution < -0.4 is 11.1 Å². The smallest absolute Gasteiger partial charge is 0.233 e. The number of benzene rings is 1. The highest BCUT2D eigenvalue weighted by atomic mass is 16.4. The molecule has 0 fully saturated rings. The number of nitrogens with two attached hydrogens (primary N) is 1. The van der Waals surface area contributed by atoms with Crippen LogP contribution in [0.3, 0.4) is 0 Å². The van der Waals surface area contributed by atoms with Crippen molar-refractivity contribution in [3.8, 4) is 0 Å². The largest absolute Gasteiger partial charge is 0.409 e. The van der Waals surface area contributed by atoms with E-state index in [-0.39, 0.29) is 17.8 Å². The number of amidine groups is 1. The number of nitrogens with zero attached hydrogens (tertiary/aromatic N) is 1. The molecule has 114 valence electrons. The maximum Gasteiger partial charge on any atom is 0.233 e. The predicted octanol–water partition coefficient (Wildman–Crippen LogP) is 1.82. The molecular formula is C16H23N3O2. The second-order valence-corrected chi connectivity index (χ2v) is 5.85. The third-order valence-electron chi connectivity index (χ3n) is 4.56. The summed E-state index contributed by atoms with van der Waals surface area (Å²) in [6, 6.07) is 8.42. The standard InChI is InChI=1S/C16H23N3O2/c1-3-16(2,14(17)19-21)15(20)18-13-9-8-11-6-4-5-7-12(11)10-13/h4-7,13,21H,3,8-10H2,1-2H3,(H2,17,19)(H,18,20). The summed E-state index contributed by atoms with van der Waals surface area (Å²) in [6.07, 6.45) is 3.20. The molecule has 4 N–H and O–H groups in total. The van der Waals surface area contributed by atoms with Gasteiger partial charge < -0.3 is 16.3 Å². The quantitative estimate of drug-likeness (QED) is 0.342. The number of carbonyl (C=O) groups excluding carboxylic acids is 1. The fourth-order valence-electron chi connectivity index (χ4n) is 2.73. The van der Waals surface area contributed by atoms with Crippen LogP contribution in [0.1, 0.15) is 37.8 Å². The molecule has 2 rings (SSSR count). The molecule has 1 aromatic rings. The Morgan fingerprint density at radius 1 is 1.48 bits per heavy atom. The Morgan fingerprint density at radius 3 is 2.76 bits per heavy atom. The first-order valence-electron chi connectivity index (χ1n) is 7.37. The van der Waals surface area contributed by atoms with Gasteiger partial charge in [0, 0.05) is 6.04 Å². The van der Waals surface area contributed by atoms with Gasteiger partial charge in [0.1, 0.15) is 5.41 Å². The Bertz CT molecular complexity index is 556. The van der Waals surface area contributed by atoms with Gasteiger partial charge in [-0.25, -0.2) is 0 Å². The molecule has 0 saturated heterocycles. The van der Waals surface area contributed by atoms with E-state index in [4.69, 9.17) is 10.9 Å². The Balaban J connectivity index is 2.08. The molecule has 0 bridgehead atoms. The number of fused-ring (bicyclic) bond motifs is 1. The third-order valence-corrected chi connectivity index (χ3v) is 4.56. The van der Waals surface area contributed by atoms with Gasteiger partial charge in [0.25, 0.3) is 0 Å². The lowest BCUT2D eigenvalue weighted by atomic mass is 9.83. The van der Waals surface area contributed by atoms with E-state index >= 15 is 0 Å². The van der Waals surface area contributed by atoms with Gasteiger partial charge in [-0.15, -0.1) is 0 Å². The lowest BCUT2D eigenvalue weighted by Gasteiger charge is -2.31. The molecule has 1 amide bonds. The first-order chi connectivity index (χ1) is 10.0. The number of amides is 1. The number of rotatable bonds is 4. The Labute approximate surface area is 125 Å². The van der Waals surface area contributed by atoms with Crippen LogP contribution in [0, 0.1) is 5.41 Å². The van der Waals surface area contributed by atoms with E-state index in [0.717, 1.165) is 19.3 Å². The lowest BCUT2D eigenvalue weighted by molar-refractivity contribution is -0.128. The minimum atomic E-state index is -0.967. The molecule has 0 spiro atoms. The van der Waals surface area contributed by atoms with Gasteiger partial charge in [-0.1, -0.05) is 36.3 Å². The summed E-state index contributed by atoms with van der Waals surface area (Å²) in [4.78, 5) is 12.5. The average molecular weight is 289 g/mol. The van der Waals surface area contributed by atoms with Crippen LogP contribution in [0.4, 0.5) is 0 Å². The monoisotopic (exact) mass is 289 g/mol. The van der Waals surface area contributed by atoms with Crippen molar-refractivity contribution in [2.24, 2.45) is 16.3 Å². The number of aryl methyl sites for hydroxylation is 1. The Kier molecular flexibility index (Phi) is 4.50. The van der Waals surface area contributed by atoms with Crippen molar-refractivity contribution in [3.05, 3.63) is 35.4 Å². The summed E-state index contributed by atoms with van der Waals surface area (Å²) < 4.78 is 0. The third kappa shape index (κ3) is 3.01. The van der Waals surface area contributed by atoms with Crippen molar-refractivity contribution in [2.75, 3.05) is 0 Å². The van der Waals surface area contributed by atoms with Crippen LogP contribution in [-0.2, 0) is 17.6 Å². The fraction of sp³-hybridized carbons (Fsp3) is 0.500. The zero-order valence-corrected chi connectivity index (χ0v) is 12.6. The SMILES string of the molecule is CCC(C)(C(=O)NC1CCc2ccccc2C1)/C(N)=N/O. The van der Waals surface area contributed by atoms with E-state index < -0.39 is 5.41 Å². The molecule has 5 heteroatoms. The molecule has 0 saturated carbocycles. The fourth-order valence-corrected chi connectivity index (χ4v) is 2.73. The maximum absolute atomic E-state index is 12.5. The lowest BCUT2D eigenvalue weighted by Crippen LogP contribution is -2.51. The average Bonchev–Trinajstić information content (AvgIpc) is 2.53. The Hall–Kier alpha value is -2.04. The maximum atomic E-state index is 12.5. The van der Waals surface area contributed by atoms with Crippen molar-refractivity contribution in [1.29, 1.82) is 0 Å². The Morgan fingerprint density at radius 2 is 2.14 bits per heavy atom. The van der Waals surface area contributed by atoms with Gasteiger partial charge in [0.15, 0.2) is 5.84 Å². The van der Waals surface area contributed by atoms with Crippen LogP contribution in [0.5, 0.6) is 0 Å². The van der Waals surface area contributed by atoms with Crippen molar-refractivity contribution < 1.29 is 10.0 Å². The van der Waals surface area contributed by atoms with Crippen LogP contribution in [0.2, 0.25) is 0 Å². The zero-order valence-electron chi connectivity index (χ0n) is 12.6. The molecule has 0 aromatic heterocycles. The molecule has 0 heterocycles. The van der Waals surface area contributed by atoms with Gasteiger partial charge in [-0.2, -0.15) is 0 Å². The van der Waals surface area contributed by atoms with Crippen LogP contribution in [-0.4, -0.2) is 23.0 Å². The highest BCUT2D eigenvalue weighted by Crippen LogP contribution is 2.25. The summed E-state index contributed by atoms with van der Waals surface area (Å²) >= 11 is 0. The highest BCUT2D eigenvalue weighted by Gasteiger charge is 2.37. The molecule has 1 aliphatic carbocycles. The van der Waals surface area contributed by atoms with Gasteiger partial charge in [0.2, 0.25) is 5.91 Å². The summed E-state index contributed by atoms with van der Waals surface area (Å²) in [5.74, 6) is -0.219. The van der Waals surface area contributed by atoms with Crippen LogP contribution in [0.25, 0.3) is 0 Å². The van der Waals surface area contributed by atoms with E-state index in [2.05, 4.69) is 22.6 Å². The van der Waals surface area contributed by atoms with Gasteiger partial charge >= 0.3 is 0 Å². The number of hydrogen-bond acceptors (Lipinski definition) is 3. The normalized spacial score (nSPS) is 21.2. The summed E-state index contributed by atoms with van der Waals surface area (Å²) in [5.41, 5.74) is 7.36. The van der Waals surface area contributed by atoms with Crippen molar-refractivity contribution in [1.82, 2.24) is 5.32 Å². The van der Waals surface area contributed by atoms with E-state index in [9.17, 15) is 4.79 Å². The summed E-state index contributed by atoms with van der Waals surface area (Å²) in [5, 5.41) is 14.9. The van der Waals surface area contributed by atoms with E-state index in [1.54, 1.807) is 6.92 Å². The van der Waals surface area contributed by atoms with Gasteiger partial charge in [-0.05, 0) is 43.7 Å². The van der Waals surface area contributed by atoms with Crippen molar-refractivity contribution in [2.45, 2.75) is 45.6 Å². The molecular weight excluding hydrogens is 266 g/mol. The van der Waals surface area contributed by atoms with Crippen molar-refractivity contribution >= 4 is 11.7 Å². The first-order valence-corrected chi connectivity index (χ1v) is 7.37. The second-order valence-electron chi connectivity index (χ2n) is 5.85. The molecule has 0 radical (unpaired) electrons. The second kappa shape index (κ2) is 6.16. The number of carbonyl (C=O) groups is 1. The molecule has 1 aromatic carbocycles. The van der Waals surface area contributed by atoms with Gasteiger partial charge in [0.05, 0.1) is 0 Å². The molecule has 21 heavy (non-hydrogen) atoms. The molecule has 0 aliphatic heterocycles. The molecule has 2 atom stereocenters. The molecule has 2 unspecified atom stereocenters. The summed E-state index contributed by atoms with van der Waals surface area (Å²) in [7, 11) is 0. The zero-order chi connectivity index (χ0) is 15.5. The molecule has 5 nitrogen and oxygen atoms in total. The topological polar surface area (TPSA) is 87.7 Å². The minimum Gasteiger partial charge on any atom is -0.409 e. The van der Waals surface area contributed by atoms with Crippen molar-refractivity contribution in [3.63, 3.8) is 0 Å². The van der Waals surface area contributed by atoms with E-state index in [1.165, 1.54) is 11.1 Å². The first kappa shape index (κ1) is 15.4. The number of oxime groups is 1. The van der Waals surface area contributed by atoms with E-state index in [1.807, 2.05) is 19.1 Å². The predicted molar refractivity (Wildman–Crippen MR) is 82.2 cm³/mol. The highest BCUT2D eigenvalue weighted by molar-refractivity contribution is 6.06.